The minimum absolute atomic E-state index is 0.617. The molecule has 4 rings (SSSR count). The van der Waals surface area contributed by atoms with Gasteiger partial charge in [0.05, 0.1) is 11.4 Å². The Kier molecular flexibility index (Phi) is 3.74. The first-order valence-corrected chi connectivity index (χ1v) is 9.30. The lowest BCUT2D eigenvalue weighted by molar-refractivity contribution is -0.657. The molecule has 3 nitrogen and oxygen atoms in total. The third-order valence-corrected chi connectivity index (χ3v) is 6.00. The number of aryl methyl sites for hydroxylation is 1. The number of amidine groups is 1. The Bertz CT molecular complexity index is 720. The molecule has 0 fully saturated rings. The summed E-state index contributed by atoms with van der Waals surface area (Å²) in [6.45, 7) is 3.67. The van der Waals surface area contributed by atoms with Gasteiger partial charge >= 0.3 is 0 Å². The number of hydrogen-bond acceptors (Lipinski definition) is 3. The molecule has 1 aromatic carbocycles. The Morgan fingerprint density at radius 3 is 2.70 bits per heavy atom. The SMILES string of the molecule is Cc1ccc(N2C[C@](O)(c3cccs3)[N+]3=C2CCCCC3)cc1. The topological polar surface area (TPSA) is 26.5 Å². The smallest absolute Gasteiger partial charge is 0.280 e. The van der Waals surface area contributed by atoms with E-state index in [0.717, 1.165) is 24.3 Å². The van der Waals surface area contributed by atoms with E-state index in [2.05, 4.69) is 52.1 Å². The first-order chi connectivity index (χ1) is 11.2. The Balaban J connectivity index is 1.80. The van der Waals surface area contributed by atoms with Crippen molar-refractivity contribution in [3.8, 4) is 0 Å². The number of rotatable bonds is 2. The molecule has 3 heterocycles. The molecule has 0 unspecified atom stereocenters. The van der Waals surface area contributed by atoms with Crippen molar-refractivity contribution in [2.24, 2.45) is 0 Å². The van der Waals surface area contributed by atoms with E-state index >= 15 is 0 Å². The van der Waals surface area contributed by atoms with E-state index in [-0.39, 0.29) is 0 Å². The van der Waals surface area contributed by atoms with Gasteiger partial charge in [0.15, 0.2) is 6.54 Å². The van der Waals surface area contributed by atoms with Gasteiger partial charge in [-0.15, -0.1) is 11.3 Å². The molecule has 0 saturated carbocycles. The van der Waals surface area contributed by atoms with Crippen LogP contribution in [0.1, 0.15) is 36.1 Å². The highest BCUT2D eigenvalue weighted by Gasteiger charge is 2.52. The predicted molar refractivity (Wildman–Crippen MR) is 95.3 cm³/mol. The van der Waals surface area contributed by atoms with E-state index in [9.17, 15) is 5.11 Å². The number of nitrogens with zero attached hydrogens (tertiary/aromatic N) is 2. The van der Waals surface area contributed by atoms with Crippen LogP contribution in [0.2, 0.25) is 0 Å². The van der Waals surface area contributed by atoms with Crippen molar-refractivity contribution in [2.75, 3.05) is 18.0 Å². The Labute approximate surface area is 141 Å². The van der Waals surface area contributed by atoms with E-state index in [1.54, 1.807) is 11.3 Å². The van der Waals surface area contributed by atoms with E-state index in [4.69, 9.17) is 0 Å². The van der Waals surface area contributed by atoms with Crippen molar-refractivity contribution in [1.82, 2.24) is 0 Å². The minimum Gasteiger partial charge on any atom is -0.346 e. The third kappa shape index (κ3) is 2.50. The lowest BCUT2D eigenvalue weighted by atomic mass is 10.1. The highest BCUT2D eigenvalue weighted by molar-refractivity contribution is 7.10. The van der Waals surface area contributed by atoms with Crippen molar-refractivity contribution in [2.45, 2.75) is 38.3 Å². The highest BCUT2D eigenvalue weighted by Crippen LogP contribution is 2.37. The lowest BCUT2D eigenvalue weighted by Gasteiger charge is -2.21. The Morgan fingerprint density at radius 1 is 1.13 bits per heavy atom. The molecule has 2 aliphatic heterocycles. The molecule has 0 spiro atoms. The lowest BCUT2D eigenvalue weighted by Crippen LogP contribution is -2.40. The zero-order valence-corrected chi connectivity index (χ0v) is 14.4. The van der Waals surface area contributed by atoms with Crippen LogP contribution in [0.4, 0.5) is 5.69 Å². The van der Waals surface area contributed by atoms with Gasteiger partial charge < -0.3 is 5.11 Å². The van der Waals surface area contributed by atoms with Crippen LogP contribution in [-0.2, 0) is 5.72 Å². The summed E-state index contributed by atoms with van der Waals surface area (Å²) < 4.78 is 2.26. The molecular formula is C19H23N2OS+. The molecule has 1 atom stereocenters. The van der Waals surface area contributed by atoms with Crippen LogP contribution in [0.5, 0.6) is 0 Å². The van der Waals surface area contributed by atoms with Crippen LogP contribution in [-0.4, -0.2) is 28.6 Å². The van der Waals surface area contributed by atoms with E-state index in [1.165, 1.54) is 29.9 Å². The van der Waals surface area contributed by atoms with Crippen molar-refractivity contribution in [1.29, 1.82) is 0 Å². The fourth-order valence-corrected chi connectivity index (χ4v) is 4.58. The number of aliphatic hydroxyl groups is 1. The van der Waals surface area contributed by atoms with Crippen molar-refractivity contribution < 1.29 is 9.68 Å². The maximum absolute atomic E-state index is 11.5. The summed E-state index contributed by atoms with van der Waals surface area (Å²) in [6.07, 6.45) is 4.64. The fraction of sp³-hybridized carbons (Fsp3) is 0.421. The van der Waals surface area contributed by atoms with Gasteiger partial charge in [0, 0.05) is 6.42 Å². The van der Waals surface area contributed by atoms with Gasteiger partial charge in [-0.2, -0.15) is 0 Å². The first kappa shape index (κ1) is 14.9. The summed E-state index contributed by atoms with van der Waals surface area (Å²) in [5, 5.41) is 13.6. The van der Waals surface area contributed by atoms with Gasteiger partial charge in [-0.1, -0.05) is 23.8 Å². The van der Waals surface area contributed by atoms with E-state index < -0.39 is 5.72 Å². The second-order valence-corrected chi connectivity index (χ2v) is 7.54. The van der Waals surface area contributed by atoms with Gasteiger partial charge in [0.25, 0.3) is 11.6 Å². The van der Waals surface area contributed by atoms with Crippen LogP contribution < -0.4 is 4.90 Å². The molecule has 23 heavy (non-hydrogen) atoms. The van der Waals surface area contributed by atoms with Gasteiger partial charge in [-0.05, 0) is 49.8 Å². The van der Waals surface area contributed by atoms with Gasteiger partial charge in [0.2, 0.25) is 0 Å². The molecule has 0 aliphatic carbocycles. The zero-order chi connectivity index (χ0) is 15.9. The van der Waals surface area contributed by atoms with Crippen LogP contribution in [0.15, 0.2) is 41.8 Å². The molecule has 0 saturated heterocycles. The summed E-state index contributed by atoms with van der Waals surface area (Å²) in [5.74, 6) is 1.28. The predicted octanol–water partition coefficient (Wildman–Crippen LogP) is 3.71. The fourth-order valence-electron chi connectivity index (χ4n) is 3.75. The second kappa shape index (κ2) is 5.77. The summed E-state index contributed by atoms with van der Waals surface area (Å²) in [6, 6.07) is 12.7. The summed E-state index contributed by atoms with van der Waals surface area (Å²) in [4.78, 5) is 3.37. The molecule has 0 radical (unpaired) electrons. The molecule has 120 valence electrons. The molecule has 0 amide bonds. The maximum Gasteiger partial charge on any atom is 0.280 e. The van der Waals surface area contributed by atoms with Crippen LogP contribution >= 0.6 is 11.3 Å². The summed E-state index contributed by atoms with van der Waals surface area (Å²) in [7, 11) is 0. The largest absolute Gasteiger partial charge is 0.346 e. The third-order valence-electron chi connectivity index (χ3n) is 4.99. The van der Waals surface area contributed by atoms with E-state index in [0.29, 0.717) is 6.54 Å². The van der Waals surface area contributed by atoms with Crippen LogP contribution in [0, 0.1) is 6.92 Å². The number of β-amino-alcohol motifs (C(OH)–C–C–N with tert-alkyl or cyclic N) is 1. The Morgan fingerprint density at radius 2 is 1.96 bits per heavy atom. The molecule has 1 aromatic heterocycles. The van der Waals surface area contributed by atoms with Crippen molar-refractivity contribution in [3.05, 3.63) is 52.2 Å². The quantitative estimate of drug-likeness (QED) is 0.851. The standard InChI is InChI=1S/C19H23N2OS/c1-15-8-10-16(11-9-15)20-14-19(22,17-6-5-13-23-17)21-12-4-2-3-7-18(20)21/h5-6,8-11,13,22H,2-4,7,12,14H2,1H3/q+1/t19-/m0/s1. The number of benzene rings is 1. The number of anilines is 1. The molecular weight excluding hydrogens is 304 g/mol. The average Bonchev–Trinajstić information content (AvgIpc) is 3.10. The normalized spacial score (nSPS) is 24.7. The first-order valence-electron chi connectivity index (χ1n) is 8.42. The second-order valence-electron chi connectivity index (χ2n) is 6.59. The van der Waals surface area contributed by atoms with Crippen LogP contribution in [0.25, 0.3) is 0 Å². The number of thiophene rings is 1. The monoisotopic (exact) mass is 327 g/mol. The zero-order valence-electron chi connectivity index (χ0n) is 13.5. The molecule has 2 aromatic rings. The minimum atomic E-state index is -0.890. The number of hydrogen-bond donors (Lipinski definition) is 1. The summed E-state index contributed by atoms with van der Waals surface area (Å²) >= 11 is 1.65. The molecule has 0 bridgehead atoms. The van der Waals surface area contributed by atoms with E-state index in [1.807, 2.05) is 6.07 Å². The van der Waals surface area contributed by atoms with Gasteiger partial charge in [-0.25, -0.2) is 9.48 Å². The average molecular weight is 327 g/mol. The maximum atomic E-state index is 11.5. The summed E-state index contributed by atoms with van der Waals surface area (Å²) in [5.41, 5.74) is 1.56. The molecule has 1 N–H and O–H groups in total. The van der Waals surface area contributed by atoms with Crippen molar-refractivity contribution in [3.63, 3.8) is 0 Å². The Hall–Kier alpha value is -1.65. The van der Waals surface area contributed by atoms with Gasteiger partial charge in [0.1, 0.15) is 5.69 Å². The molecule has 2 aliphatic rings. The van der Waals surface area contributed by atoms with Crippen LogP contribution in [0.3, 0.4) is 0 Å². The van der Waals surface area contributed by atoms with Gasteiger partial charge in [-0.3, -0.25) is 0 Å². The van der Waals surface area contributed by atoms with Crippen molar-refractivity contribution >= 4 is 22.9 Å². The molecule has 4 heteroatoms. The highest BCUT2D eigenvalue weighted by atomic mass is 32.1.